The van der Waals surface area contributed by atoms with Crippen molar-refractivity contribution in [3.8, 4) is 5.75 Å². The first-order chi connectivity index (χ1) is 9.13. The Morgan fingerprint density at radius 3 is 2.74 bits per heavy atom. The van der Waals surface area contributed by atoms with Gasteiger partial charge < -0.3 is 20.6 Å². The maximum atomic E-state index is 12.4. The lowest BCUT2D eigenvalue weighted by molar-refractivity contribution is 0.0765. The number of para-hydroxylation sites is 1. The van der Waals surface area contributed by atoms with Gasteiger partial charge in [-0.05, 0) is 19.1 Å². The Hall–Kier alpha value is -2.24. The SMILES string of the molecule is CCN(CCC(N)=NO)C(=O)c1ccccc1OC. The summed E-state index contributed by atoms with van der Waals surface area (Å²) < 4.78 is 5.17. The van der Waals surface area contributed by atoms with E-state index in [9.17, 15) is 4.79 Å². The molecule has 0 saturated carbocycles. The van der Waals surface area contributed by atoms with Crippen molar-refractivity contribution in [2.75, 3.05) is 20.2 Å². The largest absolute Gasteiger partial charge is 0.496 e. The zero-order chi connectivity index (χ0) is 14.3. The van der Waals surface area contributed by atoms with E-state index < -0.39 is 0 Å². The zero-order valence-electron chi connectivity index (χ0n) is 11.2. The number of carbonyl (C=O) groups is 1. The lowest BCUT2D eigenvalue weighted by Crippen LogP contribution is -2.34. The molecule has 6 heteroatoms. The van der Waals surface area contributed by atoms with E-state index >= 15 is 0 Å². The minimum Gasteiger partial charge on any atom is -0.496 e. The number of methoxy groups -OCH3 is 1. The Balaban J connectivity index is 2.83. The van der Waals surface area contributed by atoms with Crippen molar-refractivity contribution >= 4 is 11.7 Å². The Kier molecular flexibility index (Phi) is 5.66. The summed E-state index contributed by atoms with van der Waals surface area (Å²) in [5.74, 6) is 0.506. The lowest BCUT2D eigenvalue weighted by atomic mass is 10.1. The van der Waals surface area contributed by atoms with E-state index in [2.05, 4.69) is 5.16 Å². The number of amides is 1. The van der Waals surface area contributed by atoms with Crippen LogP contribution in [0.5, 0.6) is 5.75 Å². The highest BCUT2D eigenvalue weighted by Crippen LogP contribution is 2.19. The third-order valence-corrected chi connectivity index (χ3v) is 2.77. The predicted octanol–water partition coefficient (Wildman–Crippen LogP) is 1.29. The second kappa shape index (κ2) is 7.25. The average molecular weight is 265 g/mol. The van der Waals surface area contributed by atoms with Crippen LogP contribution in [0.15, 0.2) is 29.4 Å². The number of hydrogen-bond acceptors (Lipinski definition) is 4. The zero-order valence-corrected chi connectivity index (χ0v) is 11.2. The van der Waals surface area contributed by atoms with Gasteiger partial charge in [0.25, 0.3) is 5.91 Å². The van der Waals surface area contributed by atoms with Gasteiger partial charge in [0.2, 0.25) is 0 Å². The van der Waals surface area contributed by atoms with Gasteiger partial charge in [0.05, 0.1) is 12.7 Å². The third-order valence-electron chi connectivity index (χ3n) is 2.77. The molecule has 0 heterocycles. The van der Waals surface area contributed by atoms with Crippen molar-refractivity contribution in [1.29, 1.82) is 0 Å². The molecule has 0 radical (unpaired) electrons. The summed E-state index contributed by atoms with van der Waals surface area (Å²) in [6.45, 7) is 2.80. The molecular weight excluding hydrogens is 246 g/mol. The van der Waals surface area contributed by atoms with Gasteiger partial charge in [-0.2, -0.15) is 0 Å². The molecule has 1 aromatic rings. The fourth-order valence-corrected chi connectivity index (χ4v) is 1.69. The molecule has 1 rings (SSSR count). The van der Waals surface area contributed by atoms with Crippen molar-refractivity contribution in [2.24, 2.45) is 10.9 Å². The van der Waals surface area contributed by atoms with Crippen molar-refractivity contribution in [3.63, 3.8) is 0 Å². The van der Waals surface area contributed by atoms with Crippen molar-refractivity contribution in [2.45, 2.75) is 13.3 Å². The van der Waals surface area contributed by atoms with Gasteiger partial charge in [0.15, 0.2) is 0 Å². The normalized spacial score (nSPS) is 11.2. The van der Waals surface area contributed by atoms with Crippen LogP contribution in [0.25, 0.3) is 0 Å². The number of oxime groups is 1. The Labute approximate surface area is 112 Å². The second-order valence-electron chi connectivity index (χ2n) is 3.93. The highest BCUT2D eigenvalue weighted by Gasteiger charge is 2.17. The number of rotatable bonds is 6. The minimum atomic E-state index is -0.134. The average Bonchev–Trinajstić information content (AvgIpc) is 2.47. The monoisotopic (exact) mass is 265 g/mol. The molecule has 0 aliphatic carbocycles. The van der Waals surface area contributed by atoms with Crippen LogP contribution >= 0.6 is 0 Å². The van der Waals surface area contributed by atoms with E-state index in [1.807, 2.05) is 13.0 Å². The fourth-order valence-electron chi connectivity index (χ4n) is 1.69. The van der Waals surface area contributed by atoms with Gasteiger partial charge in [-0.25, -0.2) is 0 Å². The third kappa shape index (κ3) is 3.87. The van der Waals surface area contributed by atoms with E-state index in [0.29, 0.717) is 30.8 Å². The molecule has 0 aliphatic heterocycles. The maximum absolute atomic E-state index is 12.4. The summed E-state index contributed by atoms with van der Waals surface area (Å²) in [6, 6.07) is 7.05. The van der Waals surface area contributed by atoms with E-state index in [-0.39, 0.29) is 11.7 Å². The summed E-state index contributed by atoms with van der Waals surface area (Å²) in [5, 5.41) is 11.4. The number of hydrogen-bond donors (Lipinski definition) is 2. The fraction of sp³-hybridized carbons (Fsp3) is 0.385. The molecule has 0 saturated heterocycles. The van der Waals surface area contributed by atoms with Gasteiger partial charge >= 0.3 is 0 Å². The van der Waals surface area contributed by atoms with Gasteiger partial charge in [-0.3, -0.25) is 4.79 Å². The summed E-state index contributed by atoms with van der Waals surface area (Å²) >= 11 is 0. The topological polar surface area (TPSA) is 88.1 Å². The standard InChI is InChI=1S/C13H19N3O3/c1-3-16(9-8-12(14)15-18)13(17)10-6-4-5-7-11(10)19-2/h4-7,18H,3,8-9H2,1-2H3,(H2,14,15). The van der Waals surface area contributed by atoms with Crippen LogP contribution < -0.4 is 10.5 Å². The van der Waals surface area contributed by atoms with Crippen LogP contribution in [0.2, 0.25) is 0 Å². The number of benzene rings is 1. The molecule has 0 spiro atoms. The van der Waals surface area contributed by atoms with Crippen LogP contribution in [0.4, 0.5) is 0 Å². The summed E-state index contributed by atoms with van der Waals surface area (Å²) in [6.07, 6.45) is 0.325. The smallest absolute Gasteiger partial charge is 0.257 e. The van der Waals surface area contributed by atoms with E-state index in [1.165, 1.54) is 7.11 Å². The van der Waals surface area contributed by atoms with Gasteiger partial charge in [-0.15, -0.1) is 0 Å². The highest BCUT2D eigenvalue weighted by atomic mass is 16.5. The van der Waals surface area contributed by atoms with Crippen LogP contribution in [0, 0.1) is 0 Å². The second-order valence-corrected chi connectivity index (χ2v) is 3.93. The molecule has 6 nitrogen and oxygen atoms in total. The molecule has 0 aromatic heterocycles. The lowest BCUT2D eigenvalue weighted by Gasteiger charge is -2.21. The van der Waals surface area contributed by atoms with Gasteiger partial charge in [0, 0.05) is 19.5 Å². The molecular formula is C13H19N3O3. The first kappa shape index (κ1) is 14.8. The van der Waals surface area contributed by atoms with Crippen LogP contribution in [0.3, 0.4) is 0 Å². The van der Waals surface area contributed by atoms with E-state index in [4.69, 9.17) is 15.7 Å². The number of nitrogens with zero attached hydrogens (tertiary/aromatic N) is 2. The molecule has 0 atom stereocenters. The molecule has 0 unspecified atom stereocenters. The Morgan fingerprint density at radius 2 is 2.16 bits per heavy atom. The molecule has 19 heavy (non-hydrogen) atoms. The first-order valence-corrected chi connectivity index (χ1v) is 6.02. The quantitative estimate of drug-likeness (QED) is 0.351. The van der Waals surface area contributed by atoms with Gasteiger partial charge in [-0.1, -0.05) is 17.3 Å². The highest BCUT2D eigenvalue weighted by molar-refractivity contribution is 5.97. The Morgan fingerprint density at radius 1 is 1.47 bits per heavy atom. The van der Waals surface area contributed by atoms with Gasteiger partial charge in [0.1, 0.15) is 11.6 Å². The number of carbonyl (C=O) groups excluding carboxylic acids is 1. The molecule has 0 aliphatic rings. The molecule has 1 amide bonds. The van der Waals surface area contributed by atoms with E-state index in [1.54, 1.807) is 23.1 Å². The van der Waals surface area contributed by atoms with Crippen molar-refractivity contribution in [3.05, 3.63) is 29.8 Å². The van der Waals surface area contributed by atoms with Crippen molar-refractivity contribution < 1.29 is 14.7 Å². The molecule has 0 bridgehead atoms. The van der Waals surface area contributed by atoms with Crippen LogP contribution in [0.1, 0.15) is 23.7 Å². The summed E-state index contributed by atoms with van der Waals surface area (Å²) in [4.78, 5) is 14.0. The number of nitrogens with two attached hydrogens (primary N) is 1. The molecule has 0 fully saturated rings. The molecule has 3 N–H and O–H groups in total. The summed E-state index contributed by atoms with van der Waals surface area (Å²) in [5.41, 5.74) is 5.91. The minimum absolute atomic E-state index is 0.103. The van der Waals surface area contributed by atoms with Crippen LogP contribution in [-0.4, -0.2) is 42.0 Å². The summed E-state index contributed by atoms with van der Waals surface area (Å²) in [7, 11) is 1.53. The molecule has 1 aromatic carbocycles. The number of amidine groups is 1. The van der Waals surface area contributed by atoms with Crippen LogP contribution in [-0.2, 0) is 0 Å². The maximum Gasteiger partial charge on any atom is 0.257 e. The first-order valence-electron chi connectivity index (χ1n) is 6.02. The number of ether oxygens (including phenoxy) is 1. The van der Waals surface area contributed by atoms with E-state index in [0.717, 1.165) is 0 Å². The predicted molar refractivity (Wildman–Crippen MR) is 72.6 cm³/mol. The Bertz CT molecular complexity index is 460. The molecule has 104 valence electrons. The van der Waals surface area contributed by atoms with Crippen molar-refractivity contribution in [1.82, 2.24) is 4.90 Å².